The molecule has 0 bridgehead atoms. The highest BCUT2D eigenvalue weighted by atomic mass is 16.5. The molecule has 2 aromatic carbocycles. The van der Waals surface area contributed by atoms with Gasteiger partial charge in [-0.2, -0.15) is 0 Å². The maximum Gasteiger partial charge on any atom is 0.338 e. The van der Waals surface area contributed by atoms with E-state index in [0.29, 0.717) is 24.5 Å². The molecule has 0 unspecified atom stereocenters. The first-order valence-corrected chi connectivity index (χ1v) is 9.20. The Bertz CT molecular complexity index is 827. The summed E-state index contributed by atoms with van der Waals surface area (Å²) in [5, 5.41) is 2.84. The first-order valence-electron chi connectivity index (χ1n) is 9.20. The Morgan fingerprint density at radius 3 is 2.39 bits per heavy atom. The van der Waals surface area contributed by atoms with Gasteiger partial charge in [0.25, 0.3) is 5.91 Å². The van der Waals surface area contributed by atoms with Gasteiger partial charge in [0.15, 0.2) is 6.10 Å². The van der Waals surface area contributed by atoms with Crippen molar-refractivity contribution < 1.29 is 23.8 Å². The molecule has 0 aliphatic rings. The maximum atomic E-state index is 12.5. The van der Waals surface area contributed by atoms with Crippen molar-refractivity contribution in [2.75, 3.05) is 19.0 Å². The molecule has 1 atom stereocenters. The smallest absolute Gasteiger partial charge is 0.338 e. The molecule has 0 saturated heterocycles. The van der Waals surface area contributed by atoms with Gasteiger partial charge >= 0.3 is 5.97 Å². The van der Waals surface area contributed by atoms with Gasteiger partial charge in [0, 0.05) is 17.9 Å². The molecule has 28 heavy (non-hydrogen) atoms. The van der Waals surface area contributed by atoms with Gasteiger partial charge in [-0.1, -0.05) is 18.2 Å². The summed E-state index contributed by atoms with van der Waals surface area (Å²) < 4.78 is 16.0. The Hall–Kier alpha value is -2.86. The molecule has 0 spiro atoms. The van der Waals surface area contributed by atoms with Crippen LogP contribution in [0.3, 0.4) is 0 Å². The first kappa shape index (κ1) is 21.4. The van der Waals surface area contributed by atoms with Crippen LogP contribution >= 0.6 is 0 Å². The molecule has 1 N–H and O–H groups in total. The van der Waals surface area contributed by atoms with Crippen LogP contribution in [0.1, 0.15) is 40.9 Å². The highest BCUT2D eigenvalue weighted by molar-refractivity contribution is 5.98. The number of anilines is 1. The summed E-state index contributed by atoms with van der Waals surface area (Å²) in [5.41, 5.74) is 3.71. The quantitative estimate of drug-likeness (QED) is 0.695. The first-order chi connectivity index (χ1) is 13.4. The summed E-state index contributed by atoms with van der Waals surface area (Å²) in [5.74, 6) is -0.329. The lowest BCUT2D eigenvalue weighted by Crippen LogP contribution is -2.30. The molecule has 150 valence electrons. The van der Waals surface area contributed by atoms with E-state index in [1.165, 1.54) is 0 Å². The zero-order valence-electron chi connectivity index (χ0n) is 17.0. The second-order valence-corrected chi connectivity index (χ2v) is 6.47. The van der Waals surface area contributed by atoms with E-state index in [1.54, 1.807) is 32.2 Å². The molecule has 0 radical (unpaired) electrons. The molecule has 2 rings (SSSR count). The normalized spacial score (nSPS) is 11.6. The highest BCUT2D eigenvalue weighted by Gasteiger charge is 2.21. The average Bonchev–Trinajstić information content (AvgIpc) is 2.68. The molecule has 6 nitrogen and oxygen atoms in total. The largest absolute Gasteiger partial charge is 0.496 e. The number of ether oxygens (including phenoxy) is 3. The fraction of sp³-hybridized carbons (Fsp3) is 0.364. The van der Waals surface area contributed by atoms with E-state index < -0.39 is 12.1 Å². The minimum absolute atomic E-state index is 0.323. The van der Waals surface area contributed by atoms with Crippen LogP contribution in [-0.2, 0) is 20.9 Å². The molecule has 0 aliphatic carbocycles. The van der Waals surface area contributed by atoms with Crippen molar-refractivity contribution in [3.05, 3.63) is 58.7 Å². The van der Waals surface area contributed by atoms with Crippen LogP contribution in [0.15, 0.2) is 36.4 Å². The van der Waals surface area contributed by atoms with Gasteiger partial charge in [0.05, 0.1) is 19.3 Å². The number of nitrogens with one attached hydrogen (secondary N) is 1. The highest BCUT2D eigenvalue weighted by Crippen LogP contribution is 2.22. The number of aryl methyl sites for hydroxylation is 2. The number of carbonyl (C=O) groups is 2. The molecule has 1 amide bonds. The lowest BCUT2D eigenvalue weighted by atomic mass is 10.1. The summed E-state index contributed by atoms with van der Waals surface area (Å²) >= 11 is 0. The van der Waals surface area contributed by atoms with Crippen molar-refractivity contribution >= 4 is 17.6 Å². The Morgan fingerprint density at radius 2 is 1.79 bits per heavy atom. The third-order valence-electron chi connectivity index (χ3n) is 4.36. The molecule has 0 aromatic heterocycles. The molecule has 0 aliphatic heterocycles. The lowest BCUT2D eigenvalue weighted by Gasteiger charge is -2.17. The van der Waals surface area contributed by atoms with Gasteiger partial charge in [-0.3, -0.25) is 4.79 Å². The second kappa shape index (κ2) is 9.90. The van der Waals surface area contributed by atoms with E-state index >= 15 is 0 Å². The van der Waals surface area contributed by atoms with Gasteiger partial charge in [0.1, 0.15) is 5.75 Å². The van der Waals surface area contributed by atoms with Crippen LogP contribution in [0.25, 0.3) is 0 Å². The predicted octanol–water partition coefficient (Wildman–Crippen LogP) is 4.03. The number of hydrogen-bond acceptors (Lipinski definition) is 5. The van der Waals surface area contributed by atoms with Gasteiger partial charge in [0.2, 0.25) is 0 Å². The third kappa shape index (κ3) is 5.33. The number of carbonyl (C=O) groups excluding carboxylic acids is 2. The van der Waals surface area contributed by atoms with E-state index in [4.69, 9.17) is 14.2 Å². The third-order valence-corrected chi connectivity index (χ3v) is 4.36. The summed E-state index contributed by atoms with van der Waals surface area (Å²) in [6, 6.07) is 10.7. The van der Waals surface area contributed by atoms with E-state index in [-0.39, 0.29) is 5.91 Å². The van der Waals surface area contributed by atoms with Crippen LogP contribution in [0.4, 0.5) is 5.69 Å². The van der Waals surface area contributed by atoms with Gasteiger partial charge in [-0.05, 0) is 57.0 Å². The van der Waals surface area contributed by atoms with E-state index in [2.05, 4.69) is 5.32 Å². The lowest BCUT2D eigenvalue weighted by molar-refractivity contribution is -0.123. The molecular weight excluding hydrogens is 358 g/mol. The van der Waals surface area contributed by atoms with E-state index in [9.17, 15) is 9.59 Å². The molecular formula is C22H27NO5. The molecule has 2 aromatic rings. The number of hydrogen-bond donors (Lipinski definition) is 1. The number of amides is 1. The van der Waals surface area contributed by atoms with Gasteiger partial charge < -0.3 is 19.5 Å². The molecule has 0 heterocycles. The van der Waals surface area contributed by atoms with E-state index in [1.807, 2.05) is 39.0 Å². The summed E-state index contributed by atoms with van der Waals surface area (Å²) in [6.07, 6.45) is -0.941. The minimum Gasteiger partial charge on any atom is -0.496 e. The number of methoxy groups -OCH3 is 1. The number of benzene rings is 2. The topological polar surface area (TPSA) is 73.9 Å². The van der Waals surface area contributed by atoms with Crippen molar-refractivity contribution in [1.82, 2.24) is 0 Å². The average molecular weight is 385 g/mol. The number of para-hydroxylation sites is 1. The predicted molar refractivity (Wildman–Crippen MR) is 108 cm³/mol. The summed E-state index contributed by atoms with van der Waals surface area (Å²) in [6.45, 7) is 8.14. The Labute approximate surface area is 165 Å². The number of esters is 1. The fourth-order valence-electron chi connectivity index (χ4n) is 2.75. The van der Waals surface area contributed by atoms with Crippen molar-refractivity contribution in [1.29, 1.82) is 0 Å². The van der Waals surface area contributed by atoms with Crippen LogP contribution in [0.5, 0.6) is 5.75 Å². The molecule has 0 fully saturated rings. The zero-order chi connectivity index (χ0) is 20.7. The van der Waals surface area contributed by atoms with Crippen LogP contribution in [0, 0.1) is 13.8 Å². The van der Waals surface area contributed by atoms with Gasteiger partial charge in [-0.25, -0.2) is 4.79 Å². The van der Waals surface area contributed by atoms with E-state index in [0.717, 1.165) is 22.4 Å². The van der Waals surface area contributed by atoms with Crippen LogP contribution in [0.2, 0.25) is 0 Å². The van der Waals surface area contributed by atoms with Crippen LogP contribution in [-0.4, -0.2) is 31.7 Å². The monoisotopic (exact) mass is 385 g/mol. The van der Waals surface area contributed by atoms with Crippen molar-refractivity contribution in [3.8, 4) is 5.75 Å². The number of rotatable bonds is 8. The molecule has 6 heteroatoms. The zero-order valence-corrected chi connectivity index (χ0v) is 17.0. The van der Waals surface area contributed by atoms with Crippen molar-refractivity contribution in [2.24, 2.45) is 0 Å². The Kier molecular flexibility index (Phi) is 7.58. The molecule has 0 saturated carbocycles. The van der Waals surface area contributed by atoms with Crippen molar-refractivity contribution in [3.63, 3.8) is 0 Å². The second-order valence-electron chi connectivity index (χ2n) is 6.47. The maximum absolute atomic E-state index is 12.5. The minimum atomic E-state index is -0.941. The van der Waals surface area contributed by atoms with Crippen LogP contribution < -0.4 is 10.1 Å². The summed E-state index contributed by atoms with van der Waals surface area (Å²) in [7, 11) is 1.56. The standard InChI is InChI=1S/C22H27NO5/c1-6-27-13-18-12-17(10-11-19(18)26-5)22(25)28-16(4)21(24)23-20-14(2)8-7-9-15(20)3/h7-12,16H,6,13H2,1-5H3,(H,23,24)/t16-/m0/s1. The SMILES string of the molecule is CCOCc1cc(C(=O)O[C@@H](C)C(=O)Nc2c(C)cccc2C)ccc1OC. The summed E-state index contributed by atoms with van der Waals surface area (Å²) in [4.78, 5) is 25.0. The Balaban J connectivity index is 2.08. The Morgan fingerprint density at radius 1 is 1.11 bits per heavy atom. The van der Waals surface area contributed by atoms with Crippen molar-refractivity contribution in [2.45, 2.75) is 40.4 Å². The van der Waals surface area contributed by atoms with Gasteiger partial charge in [-0.15, -0.1) is 0 Å². The fourth-order valence-corrected chi connectivity index (χ4v) is 2.75.